The Morgan fingerprint density at radius 1 is 1.21 bits per heavy atom. The van der Waals surface area contributed by atoms with Gasteiger partial charge in [-0.3, -0.25) is 14.9 Å². The number of ether oxygens (including phenoxy) is 1. The van der Waals surface area contributed by atoms with Crippen LogP contribution in [-0.2, 0) is 15.4 Å². The first-order chi connectivity index (χ1) is 13.1. The number of benzene rings is 2. The van der Waals surface area contributed by atoms with Crippen LogP contribution in [0.1, 0.15) is 18.1 Å². The average Bonchev–Trinajstić information content (AvgIpc) is 2.65. The van der Waals surface area contributed by atoms with Crippen molar-refractivity contribution in [3.05, 3.63) is 57.6 Å². The summed E-state index contributed by atoms with van der Waals surface area (Å²) < 4.78 is 5.50. The molecule has 1 unspecified atom stereocenters. The van der Waals surface area contributed by atoms with Crippen LogP contribution in [0, 0.1) is 10.1 Å². The Labute approximate surface area is 156 Å². The molecule has 1 heterocycles. The topological polar surface area (TPSA) is 172 Å². The number of aromatic hydroxyl groups is 3. The molecule has 2 aromatic carbocycles. The predicted octanol–water partition coefficient (Wildman–Crippen LogP) is 1.36. The molecule has 2 aromatic rings. The lowest BCUT2D eigenvalue weighted by atomic mass is 9.98. The highest BCUT2D eigenvalue weighted by molar-refractivity contribution is 5.74. The fourth-order valence-corrected chi connectivity index (χ4v) is 2.52. The number of hydrogen-bond acceptors (Lipinski definition) is 9. The van der Waals surface area contributed by atoms with E-state index < -0.39 is 39.6 Å². The highest BCUT2D eigenvalue weighted by Crippen LogP contribution is 2.52. The average molecular weight is 390 g/mol. The Morgan fingerprint density at radius 2 is 1.86 bits per heavy atom. The molecule has 0 fully saturated rings. The van der Waals surface area contributed by atoms with E-state index in [1.165, 1.54) is 24.3 Å². The number of nitro benzene ring substituents is 1. The van der Waals surface area contributed by atoms with Crippen LogP contribution in [0.4, 0.5) is 5.69 Å². The van der Waals surface area contributed by atoms with E-state index in [1.54, 1.807) is 0 Å². The number of nitro groups is 1. The molecule has 0 saturated carbocycles. The first-order valence-corrected chi connectivity index (χ1v) is 7.73. The number of hydrogen-bond donors (Lipinski definition) is 5. The standard InChI is InChI=1S/C17H14N2O9/c1-8(20)18-28-17(24)7-13(9-2-4-10(5-3-9)19(25)26)27-16-11(17)6-12(21)14(22)15(16)23/h2-7,21-24H,1H3,(H,18,20). The number of hydroxylamine groups is 1. The third-order valence-corrected chi connectivity index (χ3v) is 3.85. The number of carbonyl (C=O) groups is 1. The third kappa shape index (κ3) is 3.26. The summed E-state index contributed by atoms with van der Waals surface area (Å²) in [5, 5.41) is 51.2. The number of fused-ring (bicyclic) bond motifs is 1. The summed E-state index contributed by atoms with van der Waals surface area (Å²) in [6.07, 6.45) is 1.02. The molecule has 28 heavy (non-hydrogen) atoms. The zero-order valence-corrected chi connectivity index (χ0v) is 14.2. The SMILES string of the molecule is CC(=O)NOC1(O)C=C(c2ccc([N+](=O)[O-])cc2)Oc2c1cc(O)c(O)c2O. The second kappa shape index (κ2) is 6.72. The number of amides is 1. The Kier molecular flexibility index (Phi) is 4.55. The van der Waals surface area contributed by atoms with Gasteiger partial charge in [0, 0.05) is 30.7 Å². The van der Waals surface area contributed by atoms with Gasteiger partial charge in [0.05, 0.1) is 10.5 Å². The van der Waals surface area contributed by atoms with Gasteiger partial charge in [-0.1, -0.05) is 0 Å². The molecule has 0 bridgehead atoms. The van der Waals surface area contributed by atoms with E-state index >= 15 is 0 Å². The predicted molar refractivity (Wildman–Crippen MR) is 91.9 cm³/mol. The lowest BCUT2D eigenvalue weighted by Crippen LogP contribution is -2.38. The van der Waals surface area contributed by atoms with Crippen molar-refractivity contribution in [2.45, 2.75) is 12.7 Å². The molecule has 1 amide bonds. The maximum absolute atomic E-state index is 11.2. The summed E-state index contributed by atoms with van der Waals surface area (Å²) in [7, 11) is 0. The summed E-state index contributed by atoms with van der Waals surface area (Å²) in [6.45, 7) is 1.12. The van der Waals surface area contributed by atoms with Gasteiger partial charge < -0.3 is 25.2 Å². The fraction of sp³-hybridized carbons (Fsp3) is 0.118. The van der Waals surface area contributed by atoms with E-state index in [9.17, 15) is 35.3 Å². The van der Waals surface area contributed by atoms with Crippen LogP contribution in [0.15, 0.2) is 36.4 Å². The largest absolute Gasteiger partial charge is 0.504 e. The number of carbonyl (C=O) groups excluding carboxylic acids is 1. The minimum Gasteiger partial charge on any atom is -0.504 e. The molecule has 5 N–H and O–H groups in total. The Hall–Kier alpha value is -3.83. The molecule has 11 heteroatoms. The van der Waals surface area contributed by atoms with Gasteiger partial charge in [-0.2, -0.15) is 0 Å². The van der Waals surface area contributed by atoms with Crippen LogP contribution in [0.25, 0.3) is 5.76 Å². The van der Waals surface area contributed by atoms with E-state index in [0.717, 1.165) is 19.1 Å². The van der Waals surface area contributed by atoms with Crippen LogP contribution >= 0.6 is 0 Å². The molecule has 146 valence electrons. The molecule has 1 aliphatic heterocycles. The number of non-ortho nitro benzene ring substituents is 1. The molecular formula is C17H14N2O9. The lowest BCUT2D eigenvalue weighted by molar-refractivity contribution is -0.384. The van der Waals surface area contributed by atoms with Crippen molar-refractivity contribution in [2.24, 2.45) is 0 Å². The third-order valence-electron chi connectivity index (χ3n) is 3.85. The van der Waals surface area contributed by atoms with Crippen molar-refractivity contribution >= 4 is 17.4 Å². The maximum atomic E-state index is 11.2. The number of phenolic OH excluding ortho intramolecular Hbond substituents is 3. The van der Waals surface area contributed by atoms with Crippen LogP contribution in [0.3, 0.4) is 0 Å². The maximum Gasteiger partial charge on any atom is 0.269 e. The second-order valence-corrected chi connectivity index (χ2v) is 5.84. The highest BCUT2D eigenvalue weighted by Gasteiger charge is 2.41. The summed E-state index contributed by atoms with van der Waals surface area (Å²) in [4.78, 5) is 26.4. The molecule has 1 atom stereocenters. The Bertz CT molecular complexity index is 1000. The van der Waals surface area contributed by atoms with Crippen LogP contribution < -0.4 is 10.2 Å². The van der Waals surface area contributed by atoms with Gasteiger partial charge in [-0.05, 0) is 18.2 Å². The number of nitrogens with zero attached hydrogens (tertiary/aromatic N) is 1. The monoisotopic (exact) mass is 390 g/mol. The normalized spacial score (nSPS) is 17.9. The van der Waals surface area contributed by atoms with Crippen molar-refractivity contribution in [1.82, 2.24) is 5.48 Å². The first-order valence-electron chi connectivity index (χ1n) is 7.73. The molecule has 11 nitrogen and oxygen atoms in total. The zero-order valence-electron chi connectivity index (χ0n) is 14.2. The van der Waals surface area contributed by atoms with Crippen LogP contribution in [0.2, 0.25) is 0 Å². The summed E-state index contributed by atoms with van der Waals surface area (Å²) in [5.74, 6) is -6.15. The van der Waals surface area contributed by atoms with Gasteiger partial charge in [0.2, 0.25) is 23.2 Å². The minimum absolute atomic E-state index is 0.101. The molecule has 1 aliphatic rings. The van der Waals surface area contributed by atoms with Crippen LogP contribution in [-0.4, -0.2) is 31.3 Å². The molecule has 0 radical (unpaired) electrons. The molecule has 0 saturated heterocycles. The zero-order chi connectivity index (χ0) is 20.6. The minimum atomic E-state index is -2.40. The van der Waals surface area contributed by atoms with Crippen molar-refractivity contribution in [3.63, 3.8) is 0 Å². The molecule has 3 rings (SSSR count). The molecular weight excluding hydrogens is 376 g/mol. The lowest BCUT2D eigenvalue weighted by Gasteiger charge is -2.32. The van der Waals surface area contributed by atoms with Gasteiger partial charge in [-0.15, -0.1) is 0 Å². The summed E-state index contributed by atoms with van der Waals surface area (Å²) in [6, 6.07) is 5.92. The Balaban J connectivity index is 2.13. The number of aliphatic hydroxyl groups is 1. The van der Waals surface area contributed by atoms with E-state index in [4.69, 9.17) is 9.57 Å². The van der Waals surface area contributed by atoms with Gasteiger partial charge in [0.15, 0.2) is 11.5 Å². The van der Waals surface area contributed by atoms with Gasteiger partial charge >= 0.3 is 0 Å². The fourth-order valence-electron chi connectivity index (χ4n) is 2.52. The smallest absolute Gasteiger partial charge is 0.269 e. The summed E-state index contributed by atoms with van der Waals surface area (Å²) >= 11 is 0. The van der Waals surface area contributed by atoms with Crippen molar-refractivity contribution in [2.75, 3.05) is 0 Å². The van der Waals surface area contributed by atoms with Gasteiger partial charge in [-0.25, -0.2) is 10.3 Å². The van der Waals surface area contributed by atoms with E-state index in [1.807, 2.05) is 5.48 Å². The number of phenols is 3. The van der Waals surface area contributed by atoms with Crippen LogP contribution in [0.5, 0.6) is 23.0 Å². The molecule has 0 aliphatic carbocycles. The number of rotatable bonds is 4. The van der Waals surface area contributed by atoms with Gasteiger partial charge in [0.1, 0.15) is 5.76 Å². The van der Waals surface area contributed by atoms with E-state index in [2.05, 4.69) is 0 Å². The summed E-state index contributed by atoms with van der Waals surface area (Å²) in [5.41, 5.74) is 1.71. The van der Waals surface area contributed by atoms with Crippen molar-refractivity contribution < 1.29 is 39.7 Å². The van der Waals surface area contributed by atoms with E-state index in [-0.39, 0.29) is 22.6 Å². The first kappa shape index (κ1) is 18.9. The highest BCUT2D eigenvalue weighted by atomic mass is 16.7. The molecule has 0 aromatic heterocycles. The van der Waals surface area contributed by atoms with Gasteiger partial charge in [0.25, 0.3) is 5.69 Å². The van der Waals surface area contributed by atoms with E-state index in [0.29, 0.717) is 0 Å². The molecule has 0 spiro atoms. The van der Waals surface area contributed by atoms with Crippen molar-refractivity contribution in [1.29, 1.82) is 0 Å². The quantitative estimate of drug-likeness (QED) is 0.224. The Morgan fingerprint density at radius 3 is 2.43 bits per heavy atom. The number of nitrogens with one attached hydrogen (secondary N) is 1. The second-order valence-electron chi connectivity index (χ2n) is 5.84. The van der Waals surface area contributed by atoms with Crippen molar-refractivity contribution in [3.8, 4) is 23.0 Å².